The Balaban J connectivity index is 1.54. The van der Waals surface area contributed by atoms with Crippen LogP contribution in [0.5, 0.6) is 0 Å². The van der Waals surface area contributed by atoms with E-state index >= 15 is 0 Å². The van der Waals surface area contributed by atoms with Crippen molar-refractivity contribution >= 4 is 33.3 Å². The van der Waals surface area contributed by atoms with E-state index in [1.807, 2.05) is 5.38 Å². The van der Waals surface area contributed by atoms with Gasteiger partial charge in [-0.05, 0) is 24.5 Å². The molecule has 0 spiro atoms. The molecule has 2 aromatic heterocycles. The minimum Gasteiger partial charge on any atom is -0.357 e. The first-order chi connectivity index (χ1) is 11.8. The second kappa shape index (κ2) is 6.37. The Hall–Kier alpha value is -2.18. The molecule has 3 aromatic rings. The zero-order valence-corrected chi connectivity index (χ0v) is 14.4. The molecule has 24 heavy (non-hydrogen) atoms. The third kappa shape index (κ3) is 2.72. The van der Waals surface area contributed by atoms with Gasteiger partial charge in [-0.1, -0.05) is 25.1 Å². The average Bonchev–Trinajstić information content (AvgIpc) is 3.22. The summed E-state index contributed by atoms with van der Waals surface area (Å²) >= 11 is 1.45. The molecule has 0 bridgehead atoms. The van der Waals surface area contributed by atoms with Gasteiger partial charge < -0.3 is 10.3 Å². The van der Waals surface area contributed by atoms with Gasteiger partial charge in [-0.25, -0.2) is 4.98 Å². The summed E-state index contributed by atoms with van der Waals surface area (Å²) < 4.78 is 0. The molecule has 2 N–H and O–H groups in total. The molecule has 1 aliphatic rings. The van der Waals surface area contributed by atoms with Crippen LogP contribution >= 0.6 is 11.3 Å². The molecule has 1 unspecified atom stereocenters. The van der Waals surface area contributed by atoms with Crippen LogP contribution in [-0.2, 0) is 17.8 Å². The van der Waals surface area contributed by atoms with Gasteiger partial charge in [0, 0.05) is 41.3 Å². The molecular weight excluding hydrogens is 320 g/mol. The van der Waals surface area contributed by atoms with E-state index in [4.69, 9.17) is 0 Å². The molecule has 1 atom stereocenters. The van der Waals surface area contributed by atoms with Crippen molar-refractivity contribution in [3.63, 3.8) is 0 Å². The van der Waals surface area contributed by atoms with Crippen LogP contribution in [0.15, 0.2) is 35.8 Å². The summed E-state index contributed by atoms with van der Waals surface area (Å²) in [6.07, 6.45) is 3.46. The number of nitrogens with zero attached hydrogens (tertiary/aromatic N) is 2. The maximum Gasteiger partial charge on any atom is 0.243 e. The minimum atomic E-state index is -0.131. The van der Waals surface area contributed by atoms with Crippen molar-refractivity contribution in [2.75, 3.05) is 11.9 Å². The van der Waals surface area contributed by atoms with Crippen molar-refractivity contribution in [3.8, 4) is 0 Å². The number of fused-ring (bicyclic) bond motifs is 3. The highest BCUT2D eigenvalue weighted by Crippen LogP contribution is 2.28. The van der Waals surface area contributed by atoms with Crippen LogP contribution in [-0.4, -0.2) is 33.4 Å². The Labute approximate surface area is 144 Å². The Bertz CT molecular complexity index is 855. The van der Waals surface area contributed by atoms with Crippen molar-refractivity contribution in [1.82, 2.24) is 14.9 Å². The quantitative estimate of drug-likeness (QED) is 0.765. The number of carbonyl (C=O) groups is 1. The molecule has 4 rings (SSSR count). The molecule has 1 amide bonds. The summed E-state index contributed by atoms with van der Waals surface area (Å²) in [7, 11) is 0. The molecule has 5 nitrogen and oxygen atoms in total. The number of para-hydroxylation sites is 1. The summed E-state index contributed by atoms with van der Waals surface area (Å²) in [6.45, 7) is 3.75. The van der Waals surface area contributed by atoms with E-state index in [9.17, 15) is 4.79 Å². The molecule has 3 heterocycles. The fourth-order valence-corrected chi connectivity index (χ4v) is 4.10. The smallest absolute Gasteiger partial charge is 0.243 e. The predicted octanol–water partition coefficient (Wildman–Crippen LogP) is 3.40. The van der Waals surface area contributed by atoms with E-state index in [1.165, 1.54) is 33.5 Å². The number of aromatic amines is 1. The lowest BCUT2D eigenvalue weighted by Gasteiger charge is -2.33. The van der Waals surface area contributed by atoms with Gasteiger partial charge in [0.15, 0.2) is 5.13 Å². The molecule has 0 saturated carbocycles. The van der Waals surface area contributed by atoms with Gasteiger partial charge in [-0.3, -0.25) is 9.69 Å². The normalized spacial score (nSPS) is 16.0. The first-order valence-electron chi connectivity index (χ1n) is 8.29. The number of hydrogen-bond donors (Lipinski definition) is 2. The predicted molar refractivity (Wildman–Crippen MR) is 97.2 cm³/mol. The van der Waals surface area contributed by atoms with Crippen molar-refractivity contribution in [2.24, 2.45) is 0 Å². The number of benzene rings is 1. The molecule has 1 aliphatic heterocycles. The van der Waals surface area contributed by atoms with Crippen LogP contribution in [0.3, 0.4) is 0 Å². The van der Waals surface area contributed by atoms with E-state index in [0.29, 0.717) is 5.13 Å². The highest BCUT2D eigenvalue weighted by Gasteiger charge is 2.29. The zero-order valence-electron chi connectivity index (χ0n) is 13.6. The van der Waals surface area contributed by atoms with Gasteiger partial charge in [-0.2, -0.15) is 0 Å². The second-order valence-electron chi connectivity index (χ2n) is 6.10. The monoisotopic (exact) mass is 340 g/mol. The van der Waals surface area contributed by atoms with E-state index in [0.717, 1.165) is 25.9 Å². The van der Waals surface area contributed by atoms with E-state index < -0.39 is 0 Å². The number of carbonyl (C=O) groups excluding carboxylic acids is 1. The number of aromatic nitrogens is 2. The van der Waals surface area contributed by atoms with Crippen LogP contribution < -0.4 is 5.32 Å². The van der Waals surface area contributed by atoms with Crippen LogP contribution in [0.2, 0.25) is 0 Å². The van der Waals surface area contributed by atoms with Gasteiger partial charge in [0.2, 0.25) is 5.91 Å². The third-order valence-corrected chi connectivity index (χ3v) is 5.39. The Morgan fingerprint density at radius 3 is 3.12 bits per heavy atom. The fraction of sp³-hybridized carbons (Fsp3) is 0.333. The van der Waals surface area contributed by atoms with E-state index in [-0.39, 0.29) is 11.9 Å². The van der Waals surface area contributed by atoms with Crippen molar-refractivity contribution in [2.45, 2.75) is 32.4 Å². The lowest BCUT2D eigenvalue weighted by molar-refractivity contribution is -0.121. The van der Waals surface area contributed by atoms with Crippen LogP contribution in [0.1, 0.15) is 24.6 Å². The first kappa shape index (κ1) is 15.4. The maximum atomic E-state index is 12.6. The summed E-state index contributed by atoms with van der Waals surface area (Å²) in [5.41, 5.74) is 3.82. The van der Waals surface area contributed by atoms with Crippen molar-refractivity contribution in [3.05, 3.63) is 47.1 Å². The highest BCUT2D eigenvalue weighted by molar-refractivity contribution is 7.13. The van der Waals surface area contributed by atoms with Crippen LogP contribution in [0, 0.1) is 0 Å². The summed E-state index contributed by atoms with van der Waals surface area (Å²) in [4.78, 5) is 22.6. The molecule has 0 fully saturated rings. The minimum absolute atomic E-state index is 0.0343. The number of rotatable bonds is 4. The summed E-state index contributed by atoms with van der Waals surface area (Å²) in [5, 5.41) is 6.79. The van der Waals surface area contributed by atoms with Crippen LogP contribution in [0.25, 0.3) is 10.9 Å². The second-order valence-corrected chi connectivity index (χ2v) is 6.99. The van der Waals surface area contributed by atoms with Crippen molar-refractivity contribution < 1.29 is 4.79 Å². The number of nitrogens with one attached hydrogen (secondary N) is 2. The number of amides is 1. The molecule has 0 radical (unpaired) electrons. The van der Waals surface area contributed by atoms with Gasteiger partial charge >= 0.3 is 0 Å². The fourth-order valence-electron chi connectivity index (χ4n) is 3.56. The molecule has 6 heteroatoms. The Kier molecular flexibility index (Phi) is 4.08. The lowest BCUT2D eigenvalue weighted by atomic mass is 10.0. The standard InChI is InChI=1S/C18H20N4OS/c1-2-16(17(23)21-18-19-8-10-24-18)22-9-7-13-12-5-3-4-6-14(12)20-15(13)11-22/h3-6,8,10,16,20H,2,7,9,11H2,1H3,(H,19,21,23). The van der Waals surface area contributed by atoms with Gasteiger partial charge in [0.1, 0.15) is 0 Å². The summed E-state index contributed by atoms with van der Waals surface area (Å²) in [5.74, 6) is 0.0343. The number of anilines is 1. The lowest BCUT2D eigenvalue weighted by Crippen LogP contribution is -2.46. The summed E-state index contributed by atoms with van der Waals surface area (Å²) in [6, 6.07) is 8.29. The SMILES string of the molecule is CCC(C(=O)Nc1nccs1)N1CCc2c([nH]c3ccccc23)C1. The largest absolute Gasteiger partial charge is 0.357 e. The highest BCUT2D eigenvalue weighted by atomic mass is 32.1. The maximum absolute atomic E-state index is 12.6. The van der Waals surface area contributed by atoms with Gasteiger partial charge in [0.05, 0.1) is 6.04 Å². The number of H-pyrrole nitrogens is 1. The van der Waals surface area contributed by atoms with Gasteiger partial charge in [0.25, 0.3) is 0 Å². The van der Waals surface area contributed by atoms with E-state index in [2.05, 4.69) is 51.4 Å². The molecular formula is C18H20N4OS. The number of thiazole rings is 1. The molecule has 124 valence electrons. The molecule has 1 aromatic carbocycles. The van der Waals surface area contributed by atoms with E-state index in [1.54, 1.807) is 6.20 Å². The Morgan fingerprint density at radius 1 is 1.46 bits per heavy atom. The number of hydrogen-bond acceptors (Lipinski definition) is 4. The third-order valence-electron chi connectivity index (χ3n) is 4.70. The topological polar surface area (TPSA) is 61.0 Å². The van der Waals surface area contributed by atoms with Crippen LogP contribution in [0.4, 0.5) is 5.13 Å². The molecule has 0 saturated heterocycles. The first-order valence-corrected chi connectivity index (χ1v) is 9.17. The van der Waals surface area contributed by atoms with Crippen molar-refractivity contribution in [1.29, 1.82) is 0 Å². The van der Waals surface area contributed by atoms with Gasteiger partial charge in [-0.15, -0.1) is 11.3 Å². The Morgan fingerprint density at radius 2 is 2.33 bits per heavy atom. The zero-order chi connectivity index (χ0) is 16.5. The average molecular weight is 340 g/mol. The molecule has 0 aliphatic carbocycles.